The molecule has 2 N–H and O–H groups in total. The van der Waals surface area contributed by atoms with E-state index in [-0.39, 0.29) is 0 Å². The highest BCUT2D eigenvalue weighted by molar-refractivity contribution is 7.80. The first kappa shape index (κ1) is 19.7. The van der Waals surface area contributed by atoms with Gasteiger partial charge >= 0.3 is 0 Å². The highest BCUT2D eigenvalue weighted by Crippen LogP contribution is 2.23. The van der Waals surface area contributed by atoms with E-state index in [1.54, 1.807) is 6.07 Å². The van der Waals surface area contributed by atoms with Crippen molar-refractivity contribution in [2.45, 2.75) is 27.3 Å². The molecule has 0 fully saturated rings. The van der Waals surface area contributed by atoms with E-state index in [1.807, 2.05) is 43.7 Å². The molecule has 3 rings (SSSR count). The van der Waals surface area contributed by atoms with Crippen LogP contribution in [0.15, 0.2) is 42.5 Å². The normalized spacial score (nSPS) is 10.7. The first-order chi connectivity index (χ1) is 12.8. The Labute approximate surface area is 174 Å². The predicted molar refractivity (Wildman–Crippen MR) is 118 cm³/mol. The minimum Gasteiger partial charge on any atom is -0.332 e. The van der Waals surface area contributed by atoms with Gasteiger partial charge in [0.25, 0.3) is 0 Å². The number of rotatable bonds is 4. The highest BCUT2D eigenvalue weighted by atomic mass is 35.5. The van der Waals surface area contributed by atoms with Gasteiger partial charge < -0.3 is 10.6 Å². The minimum absolute atomic E-state index is 0.498. The predicted octanol–water partition coefficient (Wildman–Crippen LogP) is 5.97. The van der Waals surface area contributed by atoms with Crippen molar-refractivity contribution < 1.29 is 0 Å². The molecule has 1 aromatic heterocycles. The van der Waals surface area contributed by atoms with Crippen molar-refractivity contribution in [3.63, 3.8) is 0 Å². The molecule has 1 heterocycles. The summed E-state index contributed by atoms with van der Waals surface area (Å²) in [6.07, 6.45) is 0. The second-order valence-corrected chi connectivity index (χ2v) is 7.71. The second-order valence-electron chi connectivity index (χ2n) is 6.46. The summed E-state index contributed by atoms with van der Waals surface area (Å²) in [7, 11) is 0. The van der Waals surface area contributed by atoms with E-state index in [2.05, 4.69) is 33.9 Å². The third kappa shape index (κ3) is 5.01. The van der Waals surface area contributed by atoms with Crippen LogP contribution in [0.5, 0.6) is 0 Å². The van der Waals surface area contributed by atoms with Gasteiger partial charge in [0, 0.05) is 27.5 Å². The molecule has 140 valence electrons. The molecule has 0 aliphatic heterocycles. The molecule has 0 aliphatic rings. The molecule has 0 aliphatic carbocycles. The van der Waals surface area contributed by atoms with Crippen molar-refractivity contribution >= 4 is 52.0 Å². The van der Waals surface area contributed by atoms with E-state index in [0.29, 0.717) is 27.5 Å². The van der Waals surface area contributed by atoms with Gasteiger partial charge in [-0.25, -0.2) is 0 Å². The number of benzene rings is 2. The van der Waals surface area contributed by atoms with Crippen LogP contribution in [0, 0.1) is 20.8 Å². The summed E-state index contributed by atoms with van der Waals surface area (Å²) in [4.78, 5) is 0. The number of thiocarbonyl (C=S) groups is 1. The highest BCUT2D eigenvalue weighted by Gasteiger charge is 2.09. The molecule has 2 aromatic carbocycles. The number of hydrogen-bond acceptors (Lipinski definition) is 2. The van der Waals surface area contributed by atoms with Gasteiger partial charge in [0.05, 0.1) is 6.54 Å². The Kier molecular flexibility index (Phi) is 6.05. The average Bonchev–Trinajstić information content (AvgIpc) is 2.92. The summed E-state index contributed by atoms with van der Waals surface area (Å²) in [5.41, 5.74) is 5.24. The van der Waals surface area contributed by atoms with E-state index in [4.69, 9.17) is 35.4 Å². The zero-order valence-corrected chi connectivity index (χ0v) is 17.6. The van der Waals surface area contributed by atoms with Gasteiger partial charge in [0.15, 0.2) is 10.9 Å². The van der Waals surface area contributed by atoms with Crippen molar-refractivity contribution in [1.82, 2.24) is 9.78 Å². The molecule has 0 amide bonds. The third-order valence-corrected chi connectivity index (χ3v) is 4.99. The average molecular weight is 419 g/mol. The molecule has 27 heavy (non-hydrogen) atoms. The number of nitrogens with zero attached hydrogens (tertiary/aromatic N) is 2. The molecule has 0 radical (unpaired) electrons. The van der Waals surface area contributed by atoms with Gasteiger partial charge in [-0.2, -0.15) is 5.10 Å². The van der Waals surface area contributed by atoms with E-state index >= 15 is 0 Å². The minimum atomic E-state index is 0.498. The SMILES string of the molecule is Cc1ccc(C)c(NC(=S)Nc2cc(C)n(Cc3ccc(Cl)cc3Cl)n2)c1. The van der Waals surface area contributed by atoms with Gasteiger partial charge in [-0.1, -0.05) is 41.4 Å². The molecule has 0 bridgehead atoms. The fourth-order valence-corrected chi connectivity index (χ4v) is 3.37. The van der Waals surface area contributed by atoms with Crippen LogP contribution in [0.1, 0.15) is 22.4 Å². The number of nitrogens with one attached hydrogen (secondary N) is 2. The van der Waals surface area contributed by atoms with Crippen molar-refractivity contribution in [1.29, 1.82) is 0 Å². The van der Waals surface area contributed by atoms with Crippen LogP contribution < -0.4 is 10.6 Å². The van der Waals surface area contributed by atoms with Crippen LogP contribution >= 0.6 is 35.4 Å². The Morgan fingerprint density at radius 1 is 1.04 bits per heavy atom. The zero-order valence-electron chi connectivity index (χ0n) is 15.3. The third-order valence-electron chi connectivity index (χ3n) is 4.20. The van der Waals surface area contributed by atoms with Crippen molar-refractivity contribution in [3.8, 4) is 0 Å². The Bertz CT molecular complexity index is 998. The lowest BCUT2D eigenvalue weighted by Gasteiger charge is -2.12. The molecule has 7 heteroatoms. The summed E-state index contributed by atoms with van der Waals surface area (Å²) in [6, 6.07) is 13.6. The van der Waals surface area contributed by atoms with Crippen LogP contribution in [0.4, 0.5) is 11.5 Å². The van der Waals surface area contributed by atoms with Gasteiger partial charge in [-0.3, -0.25) is 4.68 Å². The quantitative estimate of drug-likeness (QED) is 0.511. The molecular formula is C20H20Cl2N4S. The Morgan fingerprint density at radius 2 is 1.81 bits per heavy atom. The standard InChI is InChI=1S/C20H20Cl2N4S/c1-12-4-5-13(2)18(8-12)23-20(27)24-19-9-14(3)26(25-19)11-15-6-7-16(21)10-17(15)22/h4-10H,11H2,1-3H3,(H2,23,24,25,27). The second kappa shape index (κ2) is 8.30. The van der Waals surface area contributed by atoms with Gasteiger partial charge in [0.2, 0.25) is 0 Å². The van der Waals surface area contributed by atoms with Crippen LogP contribution in [-0.2, 0) is 6.54 Å². The summed E-state index contributed by atoms with van der Waals surface area (Å²) < 4.78 is 1.87. The summed E-state index contributed by atoms with van der Waals surface area (Å²) in [5, 5.41) is 12.7. The lowest BCUT2D eigenvalue weighted by Crippen LogP contribution is -2.20. The molecule has 0 spiro atoms. The summed E-state index contributed by atoms with van der Waals surface area (Å²) >= 11 is 17.7. The fourth-order valence-electron chi connectivity index (χ4n) is 2.68. The number of hydrogen-bond donors (Lipinski definition) is 2. The number of aryl methyl sites for hydroxylation is 3. The summed E-state index contributed by atoms with van der Waals surface area (Å²) in [6.45, 7) is 6.64. The van der Waals surface area contributed by atoms with Gasteiger partial charge in [0.1, 0.15) is 0 Å². The monoisotopic (exact) mass is 418 g/mol. The van der Waals surface area contributed by atoms with Crippen molar-refractivity contribution in [2.75, 3.05) is 10.6 Å². The van der Waals surface area contributed by atoms with Gasteiger partial charge in [-0.05, 0) is 67.9 Å². The molecule has 3 aromatic rings. The largest absolute Gasteiger partial charge is 0.332 e. The number of aromatic nitrogens is 2. The van der Waals surface area contributed by atoms with E-state index < -0.39 is 0 Å². The zero-order chi connectivity index (χ0) is 19.6. The van der Waals surface area contributed by atoms with Crippen molar-refractivity contribution in [3.05, 3.63) is 74.9 Å². The molecule has 0 saturated heterocycles. The number of halogens is 2. The Hall–Kier alpha value is -2.08. The molecule has 0 unspecified atom stereocenters. The van der Waals surface area contributed by atoms with E-state index in [9.17, 15) is 0 Å². The molecule has 0 atom stereocenters. The molecule has 0 saturated carbocycles. The van der Waals surface area contributed by atoms with Crippen LogP contribution in [-0.4, -0.2) is 14.9 Å². The summed E-state index contributed by atoms with van der Waals surface area (Å²) in [5.74, 6) is 0.681. The maximum absolute atomic E-state index is 6.27. The van der Waals surface area contributed by atoms with E-state index in [1.165, 1.54) is 5.56 Å². The first-order valence-corrected chi connectivity index (χ1v) is 9.62. The Balaban J connectivity index is 1.70. The van der Waals surface area contributed by atoms with E-state index in [0.717, 1.165) is 22.5 Å². The smallest absolute Gasteiger partial charge is 0.176 e. The first-order valence-electron chi connectivity index (χ1n) is 8.45. The van der Waals surface area contributed by atoms with Crippen LogP contribution in [0.25, 0.3) is 0 Å². The lowest BCUT2D eigenvalue weighted by atomic mass is 10.1. The maximum atomic E-state index is 6.27. The molecular weight excluding hydrogens is 399 g/mol. The maximum Gasteiger partial charge on any atom is 0.176 e. The fraction of sp³-hybridized carbons (Fsp3) is 0.200. The number of anilines is 2. The lowest BCUT2D eigenvalue weighted by molar-refractivity contribution is 0.668. The van der Waals surface area contributed by atoms with Crippen LogP contribution in [0.2, 0.25) is 10.0 Å². The van der Waals surface area contributed by atoms with Crippen molar-refractivity contribution in [2.24, 2.45) is 0 Å². The van der Waals surface area contributed by atoms with Crippen LogP contribution in [0.3, 0.4) is 0 Å². The Morgan fingerprint density at radius 3 is 2.56 bits per heavy atom. The topological polar surface area (TPSA) is 41.9 Å². The van der Waals surface area contributed by atoms with Gasteiger partial charge in [-0.15, -0.1) is 0 Å². The molecule has 4 nitrogen and oxygen atoms in total.